The second-order valence-electron chi connectivity index (χ2n) is 9.59. The summed E-state index contributed by atoms with van der Waals surface area (Å²) in [5.41, 5.74) is 0.617. The van der Waals surface area contributed by atoms with Crippen LogP contribution >= 0.6 is 12.2 Å². The van der Waals surface area contributed by atoms with E-state index in [2.05, 4.69) is 15.2 Å². The summed E-state index contributed by atoms with van der Waals surface area (Å²) in [6, 6.07) is 3.71. The molecular formula is C25H33N5O4S. The third-order valence-electron chi connectivity index (χ3n) is 7.62. The van der Waals surface area contributed by atoms with E-state index in [0.29, 0.717) is 41.7 Å². The van der Waals surface area contributed by atoms with Gasteiger partial charge < -0.3 is 19.7 Å². The molecule has 1 saturated heterocycles. The number of hydrogen-bond acceptors (Lipinski definition) is 8. The summed E-state index contributed by atoms with van der Waals surface area (Å²) < 4.78 is 12.4. The standard InChI is InChI=1S/C25H33N5O4S/c1-33-20-14-17-19(15-21(20)34-2)27-25(35)30-23(17)26-18(24(30)32)8-9-22(31)29-12-10-28(11-13-29)16-6-4-3-5-7-16/h14-16,18,26H,3-13H2,1-2H3/t18-/m1/s1. The first kappa shape index (κ1) is 24.0. The molecule has 35 heavy (non-hydrogen) atoms. The van der Waals surface area contributed by atoms with Crippen LogP contribution in [0.3, 0.4) is 0 Å². The van der Waals surface area contributed by atoms with E-state index in [1.165, 1.54) is 36.7 Å². The highest BCUT2D eigenvalue weighted by molar-refractivity contribution is 7.71. The van der Waals surface area contributed by atoms with Gasteiger partial charge in [-0.25, -0.2) is 9.55 Å². The third kappa shape index (κ3) is 4.61. The monoisotopic (exact) mass is 499 g/mol. The third-order valence-corrected chi connectivity index (χ3v) is 7.90. The first-order valence-electron chi connectivity index (χ1n) is 12.5. The van der Waals surface area contributed by atoms with E-state index in [1.54, 1.807) is 26.4 Å². The van der Waals surface area contributed by atoms with Crippen LogP contribution < -0.4 is 14.8 Å². The average molecular weight is 500 g/mol. The number of nitrogens with one attached hydrogen (secondary N) is 1. The number of ether oxygens (including phenoxy) is 2. The zero-order chi connectivity index (χ0) is 24.5. The van der Waals surface area contributed by atoms with E-state index in [9.17, 15) is 9.59 Å². The molecule has 10 heteroatoms. The Morgan fingerprint density at radius 2 is 1.77 bits per heavy atom. The van der Waals surface area contributed by atoms with Crippen molar-refractivity contribution in [3.63, 3.8) is 0 Å². The molecule has 1 aromatic heterocycles. The molecule has 3 heterocycles. The molecular weight excluding hydrogens is 466 g/mol. The maximum absolute atomic E-state index is 13.2. The second kappa shape index (κ2) is 10.1. The van der Waals surface area contributed by atoms with Crippen LogP contribution in [0.25, 0.3) is 10.9 Å². The molecule has 2 aromatic rings. The molecule has 2 fully saturated rings. The van der Waals surface area contributed by atoms with Crippen molar-refractivity contribution in [1.29, 1.82) is 0 Å². The van der Waals surface area contributed by atoms with Crippen LogP contribution in [0.4, 0.5) is 5.82 Å². The Morgan fingerprint density at radius 1 is 1.09 bits per heavy atom. The lowest BCUT2D eigenvalue weighted by molar-refractivity contribution is -0.133. The smallest absolute Gasteiger partial charge is 0.257 e. The summed E-state index contributed by atoms with van der Waals surface area (Å²) >= 11 is 5.42. The minimum absolute atomic E-state index is 0.108. The summed E-state index contributed by atoms with van der Waals surface area (Å²) in [4.78, 5) is 35.0. The van der Waals surface area contributed by atoms with Crippen molar-refractivity contribution < 1.29 is 19.1 Å². The predicted octanol–water partition coefficient (Wildman–Crippen LogP) is 3.47. The molecule has 0 unspecified atom stereocenters. The van der Waals surface area contributed by atoms with Crippen LogP contribution in [0.1, 0.15) is 49.7 Å². The van der Waals surface area contributed by atoms with Gasteiger partial charge in [0.25, 0.3) is 5.91 Å². The van der Waals surface area contributed by atoms with Crippen LogP contribution in [0.2, 0.25) is 0 Å². The fourth-order valence-electron chi connectivity index (χ4n) is 5.65. The van der Waals surface area contributed by atoms with Crippen LogP contribution in [0.15, 0.2) is 12.1 Å². The zero-order valence-corrected chi connectivity index (χ0v) is 21.2. The Labute approximate surface area is 210 Å². The maximum Gasteiger partial charge on any atom is 0.257 e. The van der Waals surface area contributed by atoms with Crippen molar-refractivity contribution in [1.82, 2.24) is 19.4 Å². The van der Waals surface area contributed by atoms with Gasteiger partial charge in [-0.15, -0.1) is 0 Å². The Balaban J connectivity index is 1.24. The fraction of sp³-hybridized carbons (Fsp3) is 0.600. The van der Waals surface area contributed by atoms with Crippen LogP contribution in [-0.2, 0) is 4.79 Å². The topological polar surface area (TPSA) is 88.9 Å². The SMILES string of the molecule is COc1cc2nc(=S)n3c(c2cc1OC)N[C@H](CCC(=O)N1CCN(C2CCCCC2)CC1)C3=O. The highest BCUT2D eigenvalue weighted by Crippen LogP contribution is 2.37. The van der Waals surface area contributed by atoms with E-state index >= 15 is 0 Å². The van der Waals surface area contributed by atoms with Crippen molar-refractivity contribution in [2.75, 3.05) is 45.7 Å². The van der Waals surface area contributed by atoms with Gasteiger partial charge in [0.15, 0.2) is 11.5 Å². The summed E-state index contributed by atoms with van der Waals surface area (Å²) in [6.45, 7) is 3.42. The summed E-state index contributed by atoms with van der Waals surface area (Å²) in [5, 5.41) is 4.02. The number of hydrogen-bond donors (Lipinski definition) is 1. The quantitative estimate of drug-likeness (QED) is 0.605. The molecule has 1 amide bonds. The van der Waals surface area contributed by atoms with Crippen molar-refractivity contribution in [2.24, 2.45) is 0 Å². The van der Waals surface area contributed by atoms with E-state index in [0.717, 1.165) is 31.6 Å². The molecule has 1 atom stereocenters. The van der Waals surface area contributed by atoms with Gasteiger partial charge in [-0.05, 0) is 37.5 Å². The molecule has 188 valence electrons. The van der Waals surface area contributed by atoms with Gasteiger partial charge in [0.05, 0.1) is 19.7 Å². The lowest BCUT2D eigenvalue weighted by atomic mass is 9.94. The van der Waals surface area contributed by atoms with Crippen LogP contribution in [0, 0.1) is 4.77 Å². The Morgan fingerprint density at radius 3 is 2.46 bits per heavy atom. The van der Waals surface area contributed by atoms with Crippen molar-refractivity contribution in [2.45, 2.75) is 57.0 Å². The molecule has 3 aliphatic rings. The first-order valence-corrected chi connectivity index (χ1v) is 12.9. The largest absolute Gasteiger partial charge is 0.493 e. The summed E-state index contributed by atoms with van der Waals surface area (Å²) in [6.07, 6.45) is 7.30. The Bertz CT molecular complexity index is 1180. The zero-order valence-electron chi connectivity index (χ0n) is 20.4. The Kier molecular flexibility index (Phi) is 6.93. The second-order valence-corrected chi connectivity index (χ2v) is 9.95. The Hall–Kier alpha value is -2.72. The van der Waals surface area contributed by atoms with E-state index < -0.39 is 6.04 Å². The highest BCUT2D eigenvalue weighted by Gasteiger charge is 2.34. The molecule has 1 aromatic carbocycles. The fourth-order valence-corrected chi connectivity index (χ4v) is 5.93. The molecule has 1 saturated carbocycles. The van der Waals surface area contributed by atoms with Gasteiger partial charge in [-0.3, -0.25) is 14.5 Å². The molecule has 5 rings (SSSR count). The number of fused-ring (bicyclic) bond motifs is 3. The number of amides is 1. The van der Waals surface area contributed by atoms with Gasteiger partial charge in [0.1, 0.15) is 11.9 Å². The van der Waals surface area contributed by atoms with E-state index in [4.69, 9.17) is 21.7 Å². The average Bonchev–Trinajstić information content (AvgIpc) is 3.24. The molecule has 9 nitrogen and oxygen atoms in total. The lowest BCUT2D eigenvalue weighted by Crippen LogP contribution is -2.52. The van der Waals surface area contributed by atoms with Gasteiger partial charge in [0, 0.05) is 50.1 Å². The van der Waals surface area contributed by atoms with E-state index in [-0.39, 0.29) is 16.6 Å². The minimum atomic E-state index is -0.523. The number of benzene rings is 1. The van der Waals surface area contributed by atoms with Gasteiger partial charge in [0.2, 0.25) is 10.7 Å². The van der Waals surface area contributed by atoms with Gasteiger partial charge >= 0.3 is 0 Å². The summed E-state index contributed by atoms with van der Waals surface area (Å²) in [5.74, 6) is 1.61. The van der Waals surface area contributed by atoms with Crippen molar-refractivity contribution in [3.05, 3.63) is 16.9 Å². The number of aromatic nitrogens is 2. The molecule has 0 bridgehead atoms. The highest BCUT2D eigenvalue weighted by atomic mass is 32.1. The minimum Gasteiger partial charge on any atom is -0.493 e. The van der Waals surface area contributed by atoms with Crippen LogP contribution in [-0.4, -0.2) is 83.6 Å². The molecule has 0 radical (unpaired) electrons. The molecule has 1 aliphatic carbocycles. The summed E-state index contributed by atoms with van der Waals surface area (Å²) in [7, 11) is 3.12. The number of methoxy groups -OCH3 is 2. The lowest BCUT2D eigenvalue weighted by Gasteiger charge is -2.40. The number of rotatable bonds is 6. The molecule has 2 aliphatic heterocycles. The normalized spacial score (nSPS) is 21.1. The van der Waals surface area contributed by atoms with Crippen molar-refractivity contribution in [3.8, 4) is 11.5 Å². The first-order chi connectivity index (χ1) is 17.0. The van der Waals surface area contributed by atoms with E-state index in [1.807, 2.05) is 4.90 Å². The molecule has 1 N–H and O–H groups in total. The number of piperazine rings is 1. The maximum atomic E-state index is 13.2. The van der Waals surface area contributed by atoms with Gasteiger partial charge in [-0.2, -0.15) is 0 Å². The molecule has 0 spiro atoms. The van der Waals surface area contributed by atoms with Crippen molar-refractivity contribution >= 4 is 40.8 Å². The van der Waals surface area contributed by atoms with Crippen LogP contribution in [0.5, 0.6) is 11.5 Å². The predicted molar refractivity (Wildman–Crippen MR) is 136 cm³/mol. The number of nitrogens with zero attached hydrogens (tertiary/aromatic N) is 4. The van der Waals surface area contributed by atoms with Gasteiger partial charge in [-0.1, -0.05) is 19.3 Å². The number of carbonyl (C=O) groups is 2. The number of anilines is 1. The number of carbonyl (C=O) groups excluding carboxylic acids is 2.